The van der Waals surface area contributed by atoms with Gasteiger partial charge in [0, 0.05) is 17.1 Å². The van der Waals surface area contributed by atoms with Gasteiger partial charge in [0.15, 0.2) is 0 Å². The van der Waals surface area contributed by atoms with Crippen molar-refractivity contribution in [2.45, 2.75) is 59.3 Å². The second kappa shape index (κ2) is 12.6. The van der Waals surface area contributed by atoms with E-state index in [1.165, 1.54) is 88.4 Å². The zero-order valence-corrected chi connectivity index (χ0v) is 32.5. The molecule has 1 aliphatic carbocycles. The number of anilines is 3. The topological polar surface area (TPSA) is 3.24 Å². The van der Waals surface area contributed by atoms with Crippen molar-refractivity contribution in [2.24, 2.45) is 0 Å². The van der Waals surface area contributed by atoms with E-state index in [0.717, 1.165) is 11.4 Å². The zero-order valence-electron chi connectivity index (χ0n) is 32.5. The molecule has 0 aliphatic heterocycles. The molecule has 0 heterocycles. The monoisotopic (exact) mass is 697 g/mol. The fraction of sp³-hybridized carbons (Fsp3) is 0.170. The van der Waals surface area contributed by atoms with Crippen LogP contribution in [0, 0.1) is 6.92 Å². The van der Waals surface area contributed by atoms with E-state index in [1.807, 2.05) is 0 Å². The molecule has 0 bridgehead atoms. The molecule has 0 unspecified atom stereocenters. The van der Waals surface area contributed by atoms with E-state index in [9.17, 15) is 0 Å². The first-order valence-corrected chi connectivity index (χ1v) is 19.3. The number of hydrogen-bond acceptors (Lipinski definition) is 1. The molecule has 1 aliphatic rings. The summed E-state index contributed by atoms with van der Waals surface area (Å²) in [5.41, 5.74) is 18.0. The van der Waals surface area contributed by atoms with Crippen LogP contribution in [0.2, 0.25) is 0 Å². The lowest BCUT2D eigenvalue weighted by atomic mass is 9.77. The fourth-order valence-corrected chi connectivity index (χ4v) is 8.20. The predicted octanol–water partition coefficient (Wildman–Crippen LogP) is 15.3. The molecule has 0 amide bonds. The van der Waals surface area contributed by atoms with Gasteiger partial charge in [0.05, 0.1) is 0 Å². The van der Waals surface area contributed by atoms with Crippen LogP contribution in [0.15, 0.2) is 158 Å². The number of para-hydroxylation sites is 2. The summed E-state index contributed by atoms with van der Waals surface area (Å²) in [7, 11) is 0. The van der Waals surface area contributed by atoms with Gasteiger partial charge in [0.25, 0.3) is 0 Å². The number of hydrogen-bond donors (Lipinski definition) is 0. The third-order valence-corrected chi connectivity index (χ3v) is 11.4. The summed E-state index contributed by atoms with van der Waals surface area (Å²) >= 11 is 0. The smallest absolute Gasteiger partial charge is 0.0490 e. The van der Waals surface area contributed by atoms with E-state index in [0.29, 0.717) is 0 Å². The van der Waals surface area contributed by atoms with E-state index in [-0.39, 0.29) is 10.8 Å². The van der Waals surface area contributed by atoms with Gasteiger partial charge in [-0.1, -0.05) is 133 Å². The molecular formula is C53H47N. The van der Waals surface area contributed by atoms with Crippen molar-refractivity contribution in [1.82, 2.24) is 0 Å². The van der Waals surface area contributed by atoms with Crippen LogP contribution in [0.3, 0.4) is 0 Å². The number of nitrogens with zero attached hydrogens (tertiary/aromatic N) is 1. The van der Waals surface area contributed by atoms with Gasteiger partial charge in [-0.3, -0.25) is 0 Å². The SMILES string of the molecule is Cc1ccccc1N(c1ccccc1)c1ccc2cc3c(cc2c1)-c1cc2cc(-c4ccc(C(C)(C)C)cc4)c(-c4ccc(C(C)(C)C)cc4)cc2cc1-3. The third-order valence-electron chi connectivity index (χ3n) is 11.4. The van der Waals surface area contributed by atoms with Crippen LogP contribution in [0.5, 0.6) is 0 Å². The van der Waals surface area contributed by atoms with Crippen molar-refractivity contribution < 1.29 is 0 Å². The standard InChI is InChI=1S/C53H47N/c1-34-13-11-12-16-51(34)54(43-14-9-8-10-15-43)44-26-21-37-28-47-48(31-38(37)27-44)50-33-40-30-46(36-19-24-42(25-20-36)53(5,6)7)45(29-39(40)32-49(47)50)35-17-22-41(23-18-35)52(2,3)4/h8-33H,1-7H3. The number of rotatable bonds is 5. The fourth-order valence-electron chi connectivity index (χ4n) is 8.20. The average molecular weight is 698 g/mol. The van der Waals surface area contributed by atoms with E-state index in [4.69, 9.17) is 0 Å². The van der Waals surface area contributed by atoms with Crippen molar-refractivity contribution >= 4 is 38.6 Å². The van der Waals surface area contributed by atoms with Gasteiger partial charge >= 0.3 is 0 Å². The molecule has 0 fully saturated rings. The van der Waals surface area contributed by atoms with E-state index < -0.39 is 0 Å². The molecule has 8 aromatic rings. The highest BCUT2D eigenvalue weighted by Gasteiger charge is 2.25. The minimum absolute atomic E-state index is 0.106. The predicted molar refractivity (Wildman–Crippen MR) is 234 cm³/mol. The van der Waals surface area contributed by atoms with Gasteiger partial charge in [-0.15, -0.1) is 0 Å². The molecule has 264 valence electrons. The zero-order chi connectivity index (χ0) is 37.4. The van der Waals surface area contributed by atoms with Gasteiger partial charge < -0.3 is 4.90 Å². The maximum absolute atomic E-state index is 2.42. The molecule has 0 saturated carbocycles. The summed E-state index contributed by atoms with van der Waals surface area (Å²) in [5.74, 6) is 0. The average Bonchev–Trinajstić information content (AvgIpc) is 3.17. The number of aryl methyl sites for hydroxylation is 1. The van der Waals surface area contributed by atoms with Crippen molar-refractivity contribution in [1.29, 1.82) is 0 Å². The first-order valence-electron chi connectivity index (χ1n) is 19.3. The maximum Gasteiger partial charge on any atom is 0.0490 e. The molecule has 54 heavy (non-hydrogen) atoms. The van der Waals surface area contributed by atoms with Gasteiger partial charge in [-0.2, -0.15) is 0 Å². The molecule has 0 atom stereocenters. The Kier molecular flexibility index (Phi) is 7.91. The Morgan fingerprint density at radius 3 is 1.26 bits per heavy atom. The van der Waals surface area contributed by atoms with Crippen LogP contribution in [-0.2, 0) is 10.8 Å². The normalized spacial score (nSPS) is 12.4. The Hall–Kier alpha value is -5.92. The van der Waals surface area contributed by atoms with Gasteiger partial charge in [0.2, 0.25) is 0 Å². The number of benzene rings is 8. The van der Waals surface area contributed by atoms with Crippen LogP contribution in [0.1, 0.15) is 58.2 Å². The summed E-state index contributed by atoms with van der Waals surface area (Å²) in [4.78, 5) is 2.37. The molecular weight excluding hydrogens is 651 g/mol. The summed E-state index contributed by atoms with van der Waals surface area (Å²) in [6.45, 7) is 15.9. The van der Waals surface area contributed by atoms with E-state index >= 15 is 0 Å². The Balaban J connectivity index is 1.16. The maximum atomic E-state index is 2.42. The van der Waals surface area contributed by atoms with Crippen LogP contribution >= 0.6 is 0 Å². The molecule has 0 radical (unpaired) electrons. The largest absolute Gasteiger partial charge is 0.310 e. The molecule has 1 nitrogen and oxygen atoms in total. The van der Waals surface area contributed by atoms with E-state index in [1.54, 1.807) is 0 Å². The molecule has 1 heteroatoms. The summed E-state index contributed by atoms with van der Waals surface area (Å²) < 4.78 is 0. The van der Waals surface area contributed by atoms with Crippen molar-refractivity contribution in [3.63, 3.8) is 0 Å². The Labute approximate surface area is 320 Å². The molecule has 0 saturated heterocycles. The summed E-state index contributed by atoms with van der Waals surface area (Å²) in [6, 6.07) is 59.2. The minimum atomic E-state index is 0.106. The molecule has 0 aromatic heterocycles. The highest BCUT2D eigenvalue weighted by molar-refractivity contribution is 6.13. The molecule has 9 rings (SSSR count). The van der Waals surface area contributed by atoms with E-state index in [2.05, 4.69) is 211 Å². The Morgan fingerprint density at radius 2 is 0.778 bits per heavy atom. The third kappa shape index (κ3) is 5.89. The van der Waals surface area contributed by atoms with Crippen LogP contribution in [-0.4, -0.2) is 0 Å². The summed E-state index contributed by atoms with van der Waals surface area (Å²) in [5, 5.41) is 5.06. The van der Waals surface area contributed by atoms with Crippen molar-refractivity contribution in [3.05, 3.63) is 174 Å². The van der Waals surface area contributed by atoms with Gasteiger partial charge in [-0.05, 0) is 167 Å². The minimum Gasteiger partial charge on any atom is -0.310 e. The van der Waals surface area contributed by atoms with Crippen molar-refractivity contribution in [3.8, 4) is 44.5 Å². The lowest BCUT2D eigenvalue weighted by molar-refractivity contribution is 0.590. The highest BCUT2D eigenvalue weighted by Crippen LogP contribution is 2.52. The molecule has 0 spiro atoms. The second-order valence-electron chi connectivity index (χ2n) is 17.2. The van der Waals surface area contributed by atoms with Crippen LogP contribution < -0.4 is 4.90 Å². The quantitative estimate of drug-likeness (QED) is 0.173. The lowest BCUT2D eigenvalue weighted by Gasteiger charge is -2.28. The van der Waals surface area contributed by atoms with Crippen LogP contribution in [0.25, 0.3) is 66.1 Å². The Morgan fingerprint density at radius 1 is 0.352 bits per heavy atom. The summed E-state index contributed by atoms with van der Waals surface area (Å²) in [6.07, 6.45) is 0. The molecule has 0 N–H and O–H groups in total. The van der Waals surface area contributed by atoms with Crippen LogP contribution in [0.4, 0.5) is 17.1 Å². The molecule has 8 aromatic carbocycles. The van der Waals surface area contributed by atoms with Gasteiger partial charge in [-0.25, -0.2) is 0 Å². The van der Waals surface area contributed by atoms with Gasteiger partial charge in [0.1, 0.15) is 0 Å². The first kappa shape index (κ1) is 33.9. The Bertz CT molecular complexity index is 2700. The van der Waals surface area contributed by atoms with Crippen molar-refractivity contribution in [2.75, 3.05) is 4.90 Å². The first-order chi connectivity index (χ1) is 25.9. The lowest BCUT2D eigenvalue weighted by Crippen LogP contribution is -2.11. The number of fused-ring (bicyclic) bond motifs is 6. The highest BCUT2D eigenvalue weighted by atomic mass is 15.1. The second-order valence-corrected chi connectivity index (χ2v) is 17.2.